The van der Waals surface area contributed by atoms with E-state index in [0.29, 0.717) is 6.61 Å². The highest BCUT2D eigenvalue weighted by Gasteiger charge is 2.26. The van der Waals surface area contributed by atoms with Crippen LogP contribution in [0.15, 0.2) is 24.3 Å². The number of ether oxygens (including phenoxy) is 2. The topological polar surface area (TPSA) is 52.6 Å². The van der Waals surface area contributed by atoms with Gasteiger partial charge in [-0.25, -0.2) is 9.59 Å². The summed E-state index contributed by atoms with van der Waals surface area (Å²) >= 11 is 0. The molecule has 0 fully saturated rings. The first-order chi connectivity index (χ1) is 15.8. The Morgan fingerprint density at radius 1 is 0.727 bits per heavy atom. The molecule has 0 amide bonds. The Morgan fingerprint density at radius 3 is 1.61 bits per heavy atom. The van der Waals surface area contributed by atoms with Crippen LogP contribution in [0.1, 0.15) is 139 Å². The second kappa shape index (κ2) is 16.7. The van der Waals surface area contributed by atoms with Crippen molar-refractivity contribution >= 4 is 11.9 Å². The lowest BCUT2D eigenvalue weighted by Gasteiger charge is -2.27. The summed E-state index contributed by atoms with van der Waals surface area (Å²) in [7, 11) is 0. The van der Waals surface area contributed by atoms with Crippen LogP contribution in [0.4, 0.5) is 0 Å². The lowest BCUT2D eigenvalue weighted by molar-refractivity contribution is 0.00437. The van der Waals surface area contributed by atoms with E-state index in [2.05, 4.69) is 6.92 Å². The van der Waals surface area contributed by atoms with E-state index in [1.165, 1.54) is 70.6 Å². The van der Waals surface area contributed by atoms with Crippen molar-refractivity contribution in [3.63, 3.8) is 0 Å². The molecule has 0 N–H and O–H groups in total. The Morgan fingerprint density at radius 2 is 1.15 bits per heavy atom. The van der Waals surface area contributed by atoms with Gasteiger partial charge < -0.3 is 9.47 Å². The number of benzene rings is 1. The van der Waals surface area contributed by atoms with Gasteiger partial charge in [0.05, 0.1) is 17.7 Å². The minimum Gasteiger partial charge on any atom is -0.462 e. The van der Waals surface area contributed by atoms with Gasteiger partial charge >= 0.3 is 11.9 Å². The molecule has 0 aliphatic carbocycles. The predicted octanol–water partition coefficient (Wildman–Crippen LogP) is 8.53. The lowest BCUT2D eigenvalue weighted by Crippen LogP contribution is -2.29. The van der Waals surface area contributed by atoms with Gasteiger partial charge in [-0.2, -0.15) is 0 Å². The van der Waals surface area contributed by atoms with Crippen molar-refractivity contribution in [3.8, 4) is 0 Å². The third-order valence-corrected chi connectivity index (χ3v) is 6.35. The Kier molecular flexibility index (Phi) is 14.8. The summed E-state index contributed by atoms with van der Waals surface area (Å²) in [6, 6.07) is 6.73. The molecule has 0 spiro atoms. The fourth-order valence-electron chi connectivity index (χ4n) is 3.60. The van der Waals surface area contributed by atoms with E-state index in [1.54, 1.807) is 24.3 Å². The van der Waals surface area contributed by atoms with Crippen molar-refractivity contribution < 1.29 is 19.1 Å². The molecule has 188 valence electrons. The van der Waals surface area contributed by atoms with E-state index in [1.807, 2.05) is 27.7 Å². The van der Waals surface area contributed by atoms with Crippen LogP contribution < -0.4 is 0 Å². The van der Waals surface area contributed by atoms with Gasteiger partial charge in [0.25, 0.3) is 0 Å². The van der Waals surface area contributed by atoms with Gasteiger partial charge in [0.2, 0.25) is 0 Å². The van der Waals surface area contributed by atoms with E-state index in [0.717, 1.165) is 12.8 Å². The van der Waals surface area contributed by atoms with Crippen LogP contribution in [0, 0.1) is 5.41 Å². The minimum absolute atomic E-state index is 0.167. The second-order valence-corrected chi connectivity index (χ2v) is 10.3. The van der Waals surface area contributed by atoms with Crippen molar-refractivity contribution in [1.82, 2.24) is 0 Å². The van der Waals surface area contributed by atoms with Crippen LogP contribution in [0.2, 0.25) is 0 Å². The molecule has 0 radical (unpaired) electrons. The SMILES string of the molecule is CCCCCCCCCCCCCCCOC(=O)c1ccccc1C(=O)OC(C)C(C)(C)C. The highest BCUT2D eigenvalue weighted by molar-refractivity contribution is 6.03. The average molecular weight is 461 g/mol. The first-order valence-electron chi connectivity index (χ1n) is 13.2. The van der Waals surface area contributed by atoms with Crippen molar-refractivity contribution in [2.75, 3.05) is 6.61 Å². The van der Waals surface area contributed by atoms with Gasteiger partial charge in [0.1, 0.15) is 6.10 Å². The van der Waals surface area contributed by atoms with E-state index in [4.69, 9.17) is 9.47 Å². The molecule has 0 heterocycles. The van der Waals surface area contributed by atoms with E-state index < -0.39 is 11.9 Å². The van der Waals surface area contributed by atoms with E-state index >= 15 is 0 Å². The Labute approximate surface area is 202 Å². The summed E-state index contributed by atoms with van der Waals surface area (Å²) in [6.07, 6.45) is 16.4. The van der Waals surface area contributed by atoms with Crippen LogP contribution in [0.5, 0.6) is 0 Å². The third kappa shape index (κ3) is 12.8. The molecule has 1 aromatic rings. The van der Waals surface area contributed by atoms with Crippen LogP contribution in [-0.4, -0.2) is 24.6 Å². The zero-order valence-electron chi connectivity index (χ0n) is 21.9. The molecule has 0 saturated carbocycles. The van der Waals surface area contributed by atoms with Gasteiger partial charge in [-0.3, -0.25) is 0 Å². The number of carbonyl (C=O) groups excluding carboxylic acids is 2. The standard InChI is InChI=1S/C29H48O4/c1-6-7-8-9-10-11-12-13-14-15-16-17-20-23-32-27(30)25-21-18-19-22-26(25)28(31)33-24(2)29(3,4)5/h18-19,21-22,24H,6-17,20,23H2,1-5H3. The molecule has 1 rings (SSSR count). The summed E-state index contributed by atoms with van der Waals surface area (Å²) < 4.78 is 11.0. The quantitative estimate of drug-likeness (QED) is 0.173. The fourth-order valence-corrected chi connectivity index (χ4v) is 3.60. The maximum atomic E-state index is 12.6. The summed E-state index contributed by atoms with van der Waals surface area (Å²) in [4.78, 5) is 25.1. The third-order valence-electron chi connectivity index (χ3n) is 6.35. The van der Waals surface area contributed by atoms with Crippen LogP contribution in [0.25, 0.3) is 0 Å². The normalized spacial score (nSPS) is 12.4. The molecule has 0 saturated heterocycles. The first-order valence-corrected chi connectivity index (χ1v) is 13.2. The van der Waals surface area contributed by atoms with Crippen molar-refractivity contribution in [3.05, 3.63) is 35.4 Å². The monoisotopic (exact) mass is 460 g/mol. The number of rotatable bonds is 17. The molecule has 1 atom stereocenters. The molecular weight excluding hydrogens is 412 g/mol. The molecule has 4 heteroatoms. The Bertz CT molecular complexity index is 674. The molecule has 0 aliphatic rings. The number of esters is 2. The number of hydrogen-bond donors (Lipinski definition) is 0. The lowest BCUT2D eigenvalue weighted by atomic mass is 9.90. The second-order valence-electron chi connectivity index (χ2n) is 10.3. The highest BCUT2D eigenvalue weighted by Crippen LogP contribution is 2.23. The molecule has 33 heavy (non-hydrogen) atoms. The van der Waals surface area contributed by atoms with Crippen LogP contribution in [-0.2, 0) is 9.47 Å². The number of unbranched alkanes of at least 4 members (excludes halogenated alkanes) is 12. The predicted molar refractivity (Wildman–Crippen MR) is 137 cm³/mol. The summed E-state index contributed by atoms with van der Waals surface area (Å²) in [5, 5.41) is 0. The largest absolute Gasteiger partial charge is 0.462 e. The minimum atomic E-state index is -0.481. The van der Waals surface area contributed by atoms with Gasteiger partial charge in [-0.1, -0.05) is 117 Å². The van der Waals surface area contributed by atoms with Gasteiger partial charge in [0, 0.05) is 0 Å². The van der Waals surface area contributed by atoms with Gasteiger partial charge in [-0.05, 0) is 30.9 Å². The highest BCUT2D eigenvalue weighted by atomic mass is 16.5. The zero-order chi connectivity index (χ0) is 24.5. The van der Waals surface area contributed by atoms with Gasteiger partial charge in [0.15, 0.2) is 0 Å². The Hall–Kier alpha value is -1.84. The molecule has 0 aromatic heterocycles. The molecule has 1 unspecified atom stereocenters. The molecule has 1 aromatic carbocycles. The molecule has 4 nitrogen and oxygen atoms in total. The van der Waals surface area contributed by atoms with Crippen molar-refractivity contribution in [2.45, 2.75) is 124 Å². The smallest absolute Gasteiger partial charge is 0.339 e. The summed E-state index contributed by atoms with van der Waals surface area (Å²) in [5.74, 6) is -0.934. The maximum absolute atomic E-state index is 12.6. The van der Waals surface area contributed by atoms with Crippen LogP contribution in [0.3, 0.4) is 0 Å². The van der Waals surface area contributed by atoms with E-state index in [9.17, 15) is 9.59 Å². The fraction of sp³-hybridized carbons (Fsp3) is 0.724. The maximum Gasteiger partial charge on any atom is 0.339 e. The van der Waals surface area contributed by atoms with Crippen LogP contribution >= 0.6 is 0 Å². The zero-order valence-corrected chi connectivity index (χ0v) is 21.9. The average Bonchev–Trinajstić information content (AvgIpc) is 2.78. The van der Waals surface area contributed by atoms with E-state index in [-0.39, 0.29) is 22.6 Å². The van der Waals surface area contributed by atoms with Gasteiger partial charge in [-0.15, -0.1) is 0 Å². The number of carbonyl (C=O) groups is 2. The first kappa shape index (κ1) is 29.2. The Balaban J connectivity index is 2.21. The molecular formula is C29H48O4. The molecule has 0 aliphatic heterocycles. The number of hydrogen-bond acceptors (Lipinski definition) is 4. The van der Waals surface area contributed by atoms with Crippen molar-refractivity contribution in [2.24, 2.45) is 5.41 Å². The molecule has 0 bridgehead atoms. The summed E-state index contributed by atoms with van der Waals surface area (Å²) in [6.45, 7) is 10.6. The van der Waals surface area contributed by atoms with Crippen molar-refractivity contribution in [1.29, 1.82) is 0 Å². The summed E-state index contributed by atoms with van der Waals surface area (Å²) in [5.41, 5.74) is 0.376.